The maximum absolute atomic E-state index is 5.34. The van der Waals surface area contributed by atoms with Gasteiger partial charge in [0.2, 0.25) is 0 Å². The molecule has 0 fully saturated rings. The molecule has 0 saturated carbocycles. The average Bonchev–Trinajstić information content (AvgIpc) is 1.54. The fourth-order valence-corrected chi connectivity index (χ4v) is 20.5. The van der Waals surface area contributed by atoms with E-state index in [1.807, 2.05) is 0 Å². The monoisotopic (exact) mass is 1630 g/mol. The smallest absolute Gasteiger partial charge is 0.0978 e. The Morgan fingerprint density at radius 3 is 0.820 bits per heavy atom. The molecular formula is C120H74N8. The summed E-state index contributed by atoms with van der Waals surface area (Å²) in [5, 5.41) is 19.0. The maximum Gasteiger partial charge on any atom is 0.0978 e. The van der Waals surface area contributed by atoms with Gasteiger partial charge in [0.05, 0.1) is 88.6 Å². The van der Waals surface area contributed by atoms with Gasteiger partial charge in [0.15, 0.2) is 0 Å². The largest absolute Gasteiger partial charge is 0.307 e. The third-order valence-corrected chi connectivity index (χ3v) is 26.3. The van der Waals surface area contributed by atoms with Crippen LogP contribution in [0.3, 0.4) is 0 Å². The molecule has 0 bridgehead atoms. The molecule has 0 N–H and O–H groups in total. The summed E-state index contributed by atoms with van der Waals surface area (Å²) < 4.78 is 9.79. The number of fused-ring (bicyclic) bond motifs is 23. The lowest BCUT2D eigenvalue weighted by Gasteiger charge is -2.14. The molecule has 0 unspecified atom stereocenters. The highest BCUT2D eigenvalue weighted by Crippen LogP contribution is 2.47. The Morgan fingerprint density at radius 2 is 0.422 bits per heavy atom. The van der Waals surface area contributed by atoms with E-state index in [-0.39, 0.29) is 0 Å². The fourth-order valence-electron chi connectivity index (χ4n) is 20.5. The highest BCUT2D eigenvalue weighted by Gasteiger charge is 2.26. The van der Waals surface area contributed by atoms with Gasteiger partial charge in [-0.3, -0.25) is 0 Å². The van der Waals surface area contributed by atoms with Gasteiger partial charge >= 0.3 is 0 Å². The van der Waals surface area contributed by atoms with Crippen molar-refractivity contribution in [1.29, 1.82) is 0 Å². The van der Waals surface area contributed by atoms with Crippen LogP contribution in [0.1, 0.15) is 0 Å². The van der Waals surface area contributed by atoms with Gasteiger partial charge in [0.1, 0.15) is 0 Å². The highest BCUT2D eigenvalue weighted by atomic mass is 15.1. The zero-order valence-electron chi connectivity index (χ0n) is 69.3. The molecule has 594 valence electrons. The van der Waals surface area contributed by atoms with Crippen LogP contribution in [0.25, 0.3) is 253 Å². The summed E-state index contributed by atoms with van der Waals surface area (Å²) in [5.41, 5.74) is 33.2. The Kier molecular flexibility index (Phi) is 16.6. The van der Waals surface area contributed by atoms with Gasteiger partial charge in [0.25, 0.3) is 0 Å². The second kappa shape index (κ2) is 29.2. The Bertz CT molecular complexity index is 9210. The molecule has 128 heavy (non-hydrogen) atoms. The van der Waals surface area contributed by atoms with Crippen LogP contribution in [0, 0.1) is 0 Å². The van der Waals surface area contributed by atoms with Crippen molar-refractivity contribution in [2.24, 2.45) is 0 Å². The minimum Gasteiger partial charge on any atom is -0.307 e. The molecule has 0 atom stereocenters. The number of hydrogen-bond donors (Lipinski definition) is 0. The molecule has 27 aromatic rings. The van der Waals surface area contributed by atoms with Crippen molar-refractivity contribution in [2.75, 3.05) is 0 Å². The molecule has 0 saturated heterocycles. The van der Waals surface area contributed by atoms with Gasteiger partial charge in [-0.2, -0.15) is 0 Å². The summed E-state index contributed by atoms with van der Waals surface area (Å²) in [6, 6.07) is 162. The van der Waals surface area contributed by atoms with Gasteiger partial charge in [-0.15, -0.1) is 0 Å². The number of hydrogen-bond acceptors (Lipinski definition) is 4. The molecule has 0 radical (unpaired) electrons. The van der Waals surface area contributed by atoms with E-state index < -0.39 is 0 Å². The number of rotatable bonds is 10. The Labute approximate surface area is 735 Å². The number of pyridine rings is 4. The summed E-state index contributed by atoms with van der Waals surface area (Å²) in [6.45, 7) is 0. The van der Waals surface area contributed by atoms with Crippen molar-refractivity contribution in [3.05, 3.63) is 449 Å². The topological polar surface area (TPSA) is 71.3 Å². The quantitative estimate of drug-likeness (QED) is 0.101. The number of aromatic nitrogens is 8. The molecule has 8 heterocycles. The summed E-state index contributed by atoms with van der Waals surface area (Å²) in [5.74, 6) is 0. The van der Waals surface area contributed by atoms with Gasteiger partial charge in [-0.1, -0.05) is 340 Å². The van der Waals surface area contributed by atoms with Crippen molar-refractivity contribution < 1.29 is 0 Å². The molecule has 0 aliphatic carbocycles. The first-order valence-electron chi connectivity index (χ1n) is 43.7. The van der Waals surface area contributed by atoms with E-state index in [1.54, 1.807) is 0 Å². The van der Waals surface area contributed by atoms with Crippen molar-refractivity contribution in [2.45, 2.75) is 0 Å². The Balaban J connectivity index is 0.000000136. The summed E-state index contributed by atoms with van der Waals surface area (Å²) in [4.78, 5) is 21.1. The van der Waals surface area contributed by atoms with E-state index in [1.165, 1.54) is 131 Å². The summed E-state index contributed by atoms with van der Waals surface area (Å²) in [7, 11) is 0. The first-order chi connectivity index (χ1) is 63.5. The van der Waals surface area contributed by atoms with Crippen molar-refractivity contribution in [3.8, 4) is 89.8 Å². The molecule has 27 rings (SSSR count). The van der Waals surface area contributed by atoms with Crippen LogP contribution in [-0.4, -0.2) is 38.2 Å². The van der Waals surface area contributed by atoms with E-state index in [0.717, 1.165) is 122 Å². The van der Waals surface area contributed by atoms with Crippen LogP contribution >= 0.6 is 0 Å². The van der Waals surface area contributed by atoms with Gasteiger partial charge < -0.3 is 18.3 Å². The zero-order valence-corrected chi connectivity index (χ0v) is 69.3. The molecular weight excluding hydrogens is 1550 g/mol. The predicted octanol–water partition coefficient (Wildman–Crippen LogP) is 31.4. The molecule has 19 aromatic carbocycles. The highest BCUT2D eigenvalue weighted by molar-refractivity contribution is 6.26. The first-order valence-corrected chi connectivity index (χ1v) is 43.7. The first kappa shape index (κ1) is 72.4. The Morgan fingerprint density at radius 1 is 0.148 bits per heavy atom. The standard InChI is InChI=1S/C62H38N4.C58H36N4/c1-3-13-40(14-4-1)58-52-19-7-10-20-55(52)64-60-53(58)33-29-41-30-36-54(63-59(41)60)45-26-25-43-37-42(23-24-44(43)38-45)39-27-31-47(32-28-39)66-57-22-12-9-18-49(57)51-35-34-50-48-17-8-11-21-56(48)65(61(50)62(51)66)46-15-5-2-6-16-46;1-3-13-40(14-4-1)54-48-19-7-10-20-51(48)60-56-49(54)33-29-41-30-36-50(59-55(41)56)39-25-23-37(24-26-39)38-27-31-43(32-28-38)62-53-22-12-9-18-45(53)47-35-34-46-44-17-8-11-21-52(44)61(57(46)58(47)62)42-15-5-2-6-16-42/h1-38H;1-36H. The molecule has 0 spiro atoms. The van der Waals surface area contributed by atoms with Gasteiger partial charge in [-0.25, -0.2) is 19.9 Å². The third-order valence-electron chi connectivity index (χ3n) is 26.3. The average molecular weight is 1630 g/mol. The van der Waals surface area contributed by atoms with E-state index in [4.69, 9.17) is 19.9 Å². The number of para-hydroxylation sites is 8. The van der Waals surface area contributed by atoms with Crippen LogP contribution in [0.5, 0.6) is 0 Å². The van der Waals surface area contributed by atoms with Crippen LogP contribution < -0.4 is 0 Å². The molecule has 0 aliphatic heterocycles. The van der Waals surface area contributed by atoms with Crippen molar-refractivity contribution in [3.63, 3.8) is 0 Å². The minimum absolute atomic E-state index is 0.911. The molecule has 8 heteroatoms. The SMILES string of the molecule is c1ccc(-c2c3ccccc3nc3c2ccc2ccc(-c4ccc(-c5ccc(-n6c7ccccc7c7ccc8c9ccccc9n(-c9ccccc9)c8c76)cc5)cc4)nc23)cc1.c1ccc(-c2c3ccccc3nc3c2ccc2ccc(-c4ccc5cc(-c6ccc(-n7c8ccccc8c8ccc9c%10ccccc%10n(-c%10ccccc%10)c9c87)cc6)ccc5c4)nc23)cc1. The van der Waals surface area contributed by atoms with E-state index in [0.29, 0.717) is 0 Å². The normalized spacial score (nSPS) is 11.9. The predicted molar refractivity (Wildman–Crippen MR) is 537 cm³/mol. The zero-order chi connectivity index (χ0) is 84.0. The lowest BCUT2D eigenvalue weighted by molar-refractivity contribution is 1.15. The van der Waals surface area contributed by atoms with Crippen LogP contribution in [0.15, 0.2) is 449 Å². The van der Waals surface area contributed by atoms with E-state index in [9.17, 15) is 0 Å². The number of benzene rings is 19. The van der Waals surface area contributed by atoms with E-state index in [2.05, 4.69) is 467 Å². The molecule has 0 amide bonds. The lowest BCUT2D eigenvalue weighted by Crippen LogP contribution is -1.98. The molecule has 8 nitrogen and oxygen atoms in total. The summed E-state index contributed by atoms with van der Waals surface area (Å²) >= 11 is 0. The van der Waals surface area contributed by atoms with Crippen molar-refractivity contribution >= 4 is 163 Å². The fraction of sp³-hybridized carbons (Fsp3) is 0. The van der Waals surface area contributed by atoms with Crippen LogP contribution in [-0.2, 0) is 0 Å². The second-order valence-corrected chi connectivity index (χ2v) is 33.4. The number of nitrogens with zero attached hydrogens (tertiary/aromatic N) is 8. The van der Waals surface area contributed by atoms with Crippen LogP contribution in [0.4, 0.5) is 0 Å². The van der Waals surface area contributed by atoms with Crippen LogP contribution in [0.2, 0.25) is 0 Å². The maximum atomic E-state index is 5.34. The van der Waals surface area contributed by atoms with Gasteiger partial charge in [0, 0.05) is 120 Å². The van der Waals surface area contributed by atoms with Crippen molar-refractivity contribution in [1.82, 2.24) is 38.2 Å². The lowest BCUT2D eigenvalue weighted by atomic mass is 9.95. The molecule has 0 aliphatic rings. The summed E-state index contributed by atoms with van der Waals surface area (Å²) in [6.07, 6.45) is 0. The minimum atomic E-state index is 0.911. The van der Waals surface area contributed by atoms with E-state index >= 15 is 0 Å². The third kappa shape index (κ3) is 11.6. The second-order valence-electron chi connectivity index (χ2n) is 33.4. The van der Waals surface area contributed by atoms with Gasteiger partial charge in [-0.05, 0) is 153 Å². The Hall–Kier alpha value is -17.2. The molecule has 8 aromatic heterocycles.